The maximum Gasteiger partial charge on any atom is 0.336 e. The van der Waals surface area contributed by atoms with E-state index in [0.717, 1.165) is 33.0 Å². The first-order valence-electron chi connectivity index (χ1n) is 12.2. The molecule has 0 N–H and O–H groups in total. The van der Waals surface area contributed by atoms with E-state index in [0.29, 0.717) is 22.7 Å². The van der Waals surface area contributed by atoms with Gasteiger partial charge in [-0.3, -0.25) is 0 Å². The summed E-state index contributed by atoms with van der Waals surface area (Å²) >= 11 is 0. The van der Waals surface area contributed by atoms with Crippen molar-refractivity contribution < 1.29 is 18.3 Å². The fourth-order valence-corrected chi connectivity index (χ4v) is 4.50. The molecule has 0 unspecified atom stereocenters. The van der Waals surface area contributed by atoms with Gasteiger partial charge < -0.3 is 18.3 Å². The highest BCUT2D eigenvalue weighted by Gasteiger charge is 2.12. The number of fused-ring (bicyclic) bond motifs is 2. The summed E-state index contributed by atoms with van der Waals surface area (Å²) in [5.41, 5.74) is 3.83. The van der Waals surface area contributed by atoms with E-state index in [-0.39, 0.29) is 13.2 Å². The van der Waals surface area contributed by atoms with Crippen LogP contribution in [0.5, 0.6) is 11.5 Å². The van der Waals surface area contributed by atoms with Gasteiger partial charge in [-0.05, 0) is 46.5 Å². The van der Waals surface area contributed by atoms with E-state index in [4.69, 9.17) is 18.3 Å². The molecule has 4 aromatic carbocycles. The summed E-state index contributed by atoms with van der Waals surface area (Å²) in [4.78, 5) is 23.7. The van der Waals surface area contributed by atoms with Gasteiger partial charge in [0.25, 0.3) is 0 Å². The van der Waals surface area contributed by atoms with Crippen molar-refractivity contribution in [1.29, 1.82) is 0 Å². The van der Waals surface area contributed by atoms with Crippen LogP contribution in [0.4, 0.5) is 0 Å². The van der Waals surface area contributed by atoms with Crippen molar-refractivity contribution in [2.45, 2.75) is 0 Å². The van der Waals surface area contributed by atoms with Crippen molar-refractivity contribution in [3.63, 3.8) is 0 Å². The highest BCUT2D eigenvalue weighted by atomic mass is 16.5. The average molecular weight is 503 g/mol. The molecule has 0 radical (unpaired) electrons. The van der Waals surface area contributed by atoms with Gasteiger partial charge in [0, 0.05) is 35.0 Å². The lowest BCUT2D eigenvalue weighted by Crippen LogP contribution is -2.09. The van der Waals surface area contributed by atoms with Crippen molar-refractivity contribution in [2.75, 3.05) is 13.2 Å². The molecular formula is C32H22O6. The van der Waals surface area contributed by atoms with Crippen LogP contribution in [0, 0.1) is 0 Å². The fraction of sp³-hybridized carbons (Fsp3) is 0.0625. The zero-order valence-corrected chi connectivity index (χ0v) is 20.3. The second-order valence-corrected chi connectivity index (χ2v) is 8.70. The standard InChI is InChI=1S/C32H22O6/c33-31-13-11-25-27(21-7-3-1-4-8-21)17-23(19-29(25)37-31)35-15-16-36-24-18-28(22-9-5-2-6-10-22)26-12-14-32(34)38-30(26)20-24/h1-14,17-20H,15-16H2. The Morgan fingerprint density at radius 3 is 1.34 bits per heavy atom. The predicted molar refractivity (Wildman–Crippen MR) is 147 cm³/mol. The molecule has 6 nitrogen and oxygen atoms in total. The molecule has 0 saturated heterocycles. The third-order valence-electron chi connectivity index (χ3n) is 6.21. The fourth-order valence-electron chi connectivity index (χ4n) is 4.50. The summed E-state index contributed by atoms with van der Waals surface area (Å²) in [6.45, 7) is 0.489. The Morgan fingerprint density at radius 2 is 0.921 bits per heavy atom. The van der Waals surface area contributed by atoms with Crippen molar-refractivity contribution in [3.05, 3.63) is 130 Å². The van der Waals surface area contributed by atoms with Crippen molar-refractivity contribution in [2.24, 2.45) is 0 Å². The molecule has 0 aliphatic rings. The van der Waals surface area contributed by atoms with Crippen LogP contribution in [0.3, 0.4) is 0 Å². The molecule has 0 aliphatic carbocycles. The maximum absolute atomic E-state index is 11.8. The molecule has 186 valence electrons. The highest BCUT2D eigenvalue weighted by molar-refractivity contribution is 5.95. The van der Waals surface area contributed by atoms with Crippen molar-refractivity contribution >= 4 is 21.9 Å². The molecule has 6 heteroatoms. The van der Waals surface area contributed by atoms with E-state index >= 15 is 0 Å². The van der Waals surface area contributed by atoms with Crippen LogP contribution in [0.1, 0.15) is 0 Å². The Kier molecular flexibility index (Phi) is 6.20. The first-order valence-corrected chi connectivity index (χ1v) is 12.2. The van der Waals surface area contributed by atoms with Gasteiger partial charge in [-0.15, -0.1) is 0 Å². The molecule has 0 bridgehead atoms. The minimum atomic E-state index is -0.422. The molecule has 0 saturated carbocycles. The Morgan fingerprint density at radius 1 is 0.500 bits per heavy atom. The summed E-state index contributed by atoms with van der Waals surface area (Å²) in [6.07, 6.45) is 0. The van der Waals surface area contributed by atoms with Crippen molar-refractivity contribution in [3.8, 4) is 33.8 Å². The lowest BCUT2D eigenvalue weighted by molar-refractivity contribution is 0.217. The molecule has 6 aromatic rings. The Balaban J connectivity index is 1.25. The zero-order valence-electron chi connectivity index (χ0n) is 20.3. The molecule has 0 aliphatic heterocycles. The third kappa shape index (κ3) is 4.80. The molecule has 0 atom stereocenters. The van der Waals surface area contributed by atoms with Crippen LogP contribution in [-0.2, 0) is 0 Å². The lowest BCUT2D eigenvalue weighted by atomic mass is 10.0. The molecular weight excluding hydrogens is 480 g/mol. The third-order valence-corrected chi connectivity index (χ3v) is 6.21. The van der Waals surface area contributed by atoms with Gasteiger partial charge in [0.05, 0.1) is 0 Å². The van der Waals surface area contributed by atoms with E-state index in [1.807, 2.05) is 72.8 Å². The van der Waals surface area contributed by atoms with Gasteiger partial charge in [0.2, 0.25) is 0 Å². The van der Waals surface area contributed by atoms with E-state index in [1.165, 1.54) is 12.1 Å². The summed E-state index contributed by atoms with van der Waals surface area (Å²) < 4.78 is 22.9. The SMILES string of the molecule is O=c1ccc2c(-c3ccccc3)cc(OCCOc3cc(-c4ccccc4)c4ccc(=O)oc4c3)cc2o1. The van der Waals surface area contributed by atoms with Crippen molar-refractivity contribution in [1.82, 2.24) is 0 Å². The molecule has 0 spiro atoms. The van der Waals surface area contributed by atoms with Crippen LogP contribution in [0.15, 0.2) is 128 Å². The van der Waals surface area contributed by atoms with Gasteiger partial charge in [0.15, 0.2) is 0 Å². The second-order valence-electron chi connectivity index (χ2n) is 8.70. The minimum absolute atomic E-state index is 0.244. The topological polar surface area (TPSA) is 78.9 Å². The van der Waals surface area contributed by atoms with Gasteiger partial charge in [0.1, 0.15) is 35.9 Å². The Bertz CT molecular complexity index is 1710. The largest absolute Gasteiger partial charge is 0.490 e. The van der Waals surface area contributed by atoms with Crippen LogP contribution < -0.4 is 20.7 Å². The quantitative estimate of drug-likeness (QED) is 0.179. The van der Waals surface area contributed by atoms with E-state index in [2.05, 4.69) is 0 Å². The van der Waals surface area contributed by atoms with Gasteiger partial charge in [-0.1, -0.05) is 60.7 Å². The first-order chi connectivity index (χ1) is 18.6. The van der Waals surface area contributed by atoms with E-state index in [1.54, 1.807) is 24.3 Å². The smallest absolute Gasteiger partial charge is 0.336 e. The van der Waals surface area contributed by atoms with Gasteiger partial charge in [-0.25, -0.2) is 9.59 Å². The van der Waals surface area contributed by atoms with Crippen LogP contribution in [-0.4, -0.2) is 13.2 Å². The molecule has 6 rings (SSSR count). The number of hydrogen-bond donors (Lipinski definition) is 0. The Labute approximate surface area is 217 Å². The van der Waals surface area contributed by atoms with Gasteiger partial charge >= 0.3 is 11.3 Å². The molecule has 2 aromatic heterocycles. The predicted octanol–water partition coefficient (Wildman–Crippen LogP) is 6.69. The molecule has 0 fully saturated rings. The summed E-state index contributed by atoms with van der Waals surface area (Å²) in [5.74, 6) is 1.12. The second kappa shape index (κ2) is 10.1. The maximum atomic E-state index is 11.8. The normalized spacial score (nSPS) is 11.1. The number of benzene rings is 4. The van der Waals surface area contributed by atoms with Crippen LogP contribution in [0.25, 0.3) is 44.2 Å². The number of ether oxygens (including phenoxy) is 2. The van der Waals surface area contributed by atoms with E-state index in [9.17, 15) is 9.59 Å². The monoisotopic (exact) mass is 502 g/mol. The lowest BCUT2D eigenvalue weighted by Gasteiger charge is -2.13. The Hall–Kier alpha value is -5.10. The van der Waals surface area contributed by atoms with Gasteiger partial charge in [-0.2, -0.15) is 0 Å². The number of hydrogen-bond acceptors (Lipinski definition) is 6. The minimum Gasteiger partial charge on any atom is -0.490 e. The van der Waals surface area contributed by atoms with Crippen LogP contribution in [0.2, 0.25) is 0 Å². The summed E-state index contributed by atoms with van der Waals surface area (Å²) in [6, 6.07) is 33.3. The average Bonchev–Trinajstić information content (AvgIpc) is 2.95. The zero-order chi connectivity index (χ0) is 25.9. The summed E-state index contributed by atoms with van der Waals surface area (Å²) in [7, 11) is 0. The number of rotatable bonds is 7. The van der Waals surface area contributed by atoms with Crippen LogP contribution >= 0.6 is 0 Å². The van der Waals surface area contributed by atoms with E-state index < -0.39 is 11.3 Å². The summed E-state index contributed by atoms with van der Waals surface area (Å²) in [5, 5.41) is 1.65. The first kappa shape index (κ1) is 23.3. The highest BCUT2D eigenvalue weighted by Crippen LogP contribution is 2.34. The molecule has 38 heavy (non-hydrogen) atoms. The molecule has 2 heterocycles. The molecule has 0 amide bonds.